The third kappa shape index (κ3) is 4.12. The SMILES string of the molecule is COc1ccccc1-c1oc(Cc2ccccc2)nc1-c1ccc(S(N)(=O)=O)cc1. The number of benzene rings is 3. The molecule has 0 spiro atoms. The fourth-order valence-corrected chi connectivity index (χ4v) is 3.74. The van der Waals surface area contributed by atoms with Gasteiger partial charge in [0.05, 0.1) is 17.6 Å². The van der Waals surface area contributed by atoms with E-state index in [1.54, 1.807) is 19.2 Å². The molecule has 0 aliphatic heterocycles. The summed E-state index contributed by atoms with van der Waals surface area (Å²) in [6.45, 7) is 0. The zero-order chi connectivity index (χ0) is 21.1. The van der Waals surface area contributed by atoms with Gasteiger partial charge in [0.25, 0.3) is 0 Å². The monoisotopic (exact) mass is 420 g/mol. The van der Waals surface area contributed by atoms with E-state index in [9.17, 15) is 8.42 Å². The quantitative estimate of drug-likeness (QED) is 0.503. The van der Waals surface area contributed by atoms with E-state index in [0.717, 1.165) is 11.1 Å². The number of methoxy groups -OCH3 is 1. The average Bonchev–Trinajstić information content (AvgIpc) is 3.17. The Bertz CT molecular complexity index is 1260. The fraction of sp³-hybridized carbons (Fsp3) is 0.0870. The van der Waals surface area contributed by atoms with Crippen molar-refractivity contribution >= 4 is 10.0 Å². The van der Waals surface area contributed by atoms with Crippen molar-refractivity contribution in [1.82, 2.24) is 4.98 Å². The minimum absolute atomic E-state index is 0.0399. The van der Waals surface area contributed by atoms with Crippen molar-refractivity contribution in [1.29, 1.82) is 0 Å². The summed E-state index contributed by atoms with van der Waals surface area (Å²) in [5, 5.41) is 5.22. The predicted molar refractivity (Wildman–Crippen MR) is 115 cm³/mol. The number of ether oxygens (including phenoxy) is 1. The second kappa shape index (κ2) is 8.14. The molecular formula is C23H20N2O4S. The van der Waals surface area contributed by atoms with Crippen molar-refractivity contribution in [3.63, 3.8) is 0 Å². The first-order valence-corrected chi connectivity index (χ1v) is 10.8. The molecule has 0 fully saturated rings. The highest BCUT2D eigenvalue weighted by Crippen LogP contribution is 2.38. The summed E-state index contributed by atoms with van der Waals surface area (Å²) in [5.74, 6) is 1.76. The molecule has 4 aromatic rings. The van der Waals surface area contributed by atoms with E-state index in [1.807, 2.05) is 54.6 Å². The van der Waals surface area contributed by atoms with Gasteiger partial charge in [-0.3, -0.25) is 0 Å². The molecule has 7 heteroatoms. The molecule has 0 atom stereocenters. The lowest BCUT2D eigenvalue weighted by molar-refractivity contribution is 0.414. The van der Waals surface area contributed by atoms with Crippen LogP contribution in [0.1, 0.15) is 11.5 Å². The lowest BCUT2D eigenvalue weighted by atomic mass is 10.1. The van der Waals surface area contributed by atoms with Crippen molar-refractivity contribution in [3.8, 4) is 28.3 Å². The molecular weight excluding hydrogens is 400 g/mol. The van der Waals surface area contributed by atoms with Crippen LogP contribution in [0.15, 0.2) is 88.2 Å². The van der Waals surface area contributed by atoms with Crippen LogP contribution in [-0.2, 0) is 16.4 Å². The molecule has 2 N–H and O–H groups in total. The predicted octanol–water partition coefficient (Wildman–Crippen LogP) is 4.26. The molecule has 152 valence electrons. The Morgan fingerprint density at radius 3 is 2.27 bits per heavy atom. The third-order valence-corrected chi connectivity index (χ3v) is 5.61. The summed E-state index contributed by atoms with van der Waals surface area (Å²) in [6, 6.07) is 23.7. The Balaban J connectivity index is 1.83. The molecule has 0 aliphatic carbocycles. The van der Waals surface area contributed by atoms with Gasteiger partial charge in [0.1, 0.15) is 11.4 Å². The second-order valence-corrected chi connectivity index (χ2v) is 8.28. The summed E-state index contributed by atoms with van der Waals surface area (Å²) in [5.41, 5.74) is 3.15. The fourth-order valence-electron chi connectivity index (χ4n) is 3.22. The highest BCUT2D eigenvalue weighted by Gasteiger charge is 2.20. The number of oxazole rings is 1. The second-order valence-electron chi connectivity index (χ2n) is 6.72. The van der Waals surface area contributed by atoms with Gasteiger partial charge in [0.2, 0.25) is 10.0 Å². The molecule has 6 nitrogen and oxygen atoms in total. The van der Waals surface area contributed by atoms with Gasteiger partial charge >= 0.3 is 0 Å². The van der Waals surface area contributed by atoms with E-state index < -0.39 is 10.0 Å². The number of primary sulfonamides is 1. The molecule has 4 rings (SSSR count). The topological polar surface area (TPSA) is 95.4 Å². The van der Waals surface area contributed by atoms with Crippen LogP contribution in [-0.4, -0.2) is 20.5 Å². The van der Waals surface area contributed by atoms with Gasteiger partial charge in [-0.05, 0) is 29.8 Å². The van der Waals surface area contributed by atoms with E-state index in [0.29, 0.717) is 35.1 Å². The molecule has 0 bridgehead atoms. The molecule has 1 heterocycles. The normalized spacial score (nSPS) is 11.4. The van der Waals surface area contributed by atoms with E-state index >= 15 is 0 Å². The minimum Gasteiger partial charge on any atom is -0.496 e. The van der Waals surface area contributed by atoms with Gasteiger partial charge in [-0.2, -0.15) is 0 Å². The molecule has 0 saturated heterocycles. The Morgan fingerprint density at radius 2 is 1.60 bits per heavy atom. The van der Waals surface area contributed by atoms with Gasteiger partial charge in [-0.15, -0.1) is 0 Å². The smallest absolute Gasteiger partial charge is 0.238 e. The standard InChI is InChI=1S/C23H20N2O4S/c1-28-20-10-6-5-9-19(20)23-22(17-11-13-18(14-12-17)30(24,26)27)25-21(29-23)15-16-7-3-2-4-8-16/h2-14H,15H2,1H3,(H2,24,26,27). The molecule has 0 amide bonds. The lowest BCUT2D eigenvalue weighted by Crippen LogP contribution is -2.11. The average molecular weight is 420 g/mol. The number of nitrogens with zero attached hydrogens (tertiary/aromatic N) is 1. The van der Waals surface area contributed by atoms with Gasteiger partial charge in [0.15, 0.2) is 11.7 Å². The summed E-state index contributed by atoms with van der Waals surface area (Å²) in [7, 11) is -2.18. The third-order valence-electron chi connectivity index (χ3n) is 4.68. The number of hydrogen-bond acceptors (Lipinski definition) is 5. The van der Waals surface area contributed by atoms with Crippen LogP contribution in [0, 0.1) is 0 Å². The summed E-state index contributed by atoms with van der Waals surface area (Å²) in [6.07, 6.45) is 0.526. The highest BCUT2D eigenvalue weighted by molar-refractivity contribution is 7.89. The molecule has 0 radical (unpaired) electrons. The summed E-state index contributed by atoms with van der Waals surface area (Å²) >= 11 is 0. The molecule has 0 aliphatic rings. The Morgan fingerprint density at radius 1 is 0.933 bits per heavy atom. The van der Waals surface area contributed by atoms with Crippen molar-refractivity contribution in [2.24, 2.45) is 5.14 Å². The number of sulfonamides is 1. The van der Waals surface area contributed by atoms with Crippen LogP contribution in [0.4, 0.5) is 0 Å². The van der Waals surface area contributed by atoms with Crippen LogP contribution in [0.25, 0.3) is 22.6 Å². The van der Waals surface area contributed by atoms with E-state index in [4.69, 9.17) is 19.3 Å². The van der Waals surface area contributed by atoms with Crippen LogP contribution in [0.2, 0.25) is 0 Å². The Hall–Kier alpha value is -3.42. The number of aromatic nitrogens is 1. The van der Waals surface area contributed by atoms with Crippen molar-refractivity contribution < 1.29 is 17.6 Å². The molecule has 3 aromatic carbocycles. The maximum absolute atomic E-state index is 11.6. The largest absolute Gasteiger partial charge is 0.496 e. The number of nitrogens with two attached hydrogens (primary N) is 1. The first kappa shape index (κ1) is 19.9. The molecule has 0 saturated carbocycles. The van der Waals surface area contributed by atoms with Crippen LogP contribution >= 0.6 is 0 Å². The lowest BCUT2D eigenvalue weighted by Gasteiger charge is -2.07. The molecule has 0 unspecified atom stereocenters. The zero-order valence-electron chi connectivity index (χ0n) is 16.3. The summed E-state index contributed by atoms with van der Waals surface area (Å²) < 4.78 is 34.8. The van der Waals surface area contributed by atoms with Crippen LogP contribution in [0.3, 0.4) is 0 Å². The first-order valence-electron chi connectivity index (χ1n) is 9.26. The molecule has 30 heavy (non-hydrogen) atoms. The van der Waals surface area contributed by atoms with Crippen molar-refractivity contribution in [2.45, 2.75) is 11.3 Å². The van der Waals surface area contributed by atoms with Crippen LogP contribution < -0.4 is 9.88 Å². The summed E-state index contributed by atoms with van der Waals surface area (Å²) in [4.78, 5) is 4.76. The van der Waals surface area contributed by atoms with E-state index in [2.05, 4.69) is 0 Å². The zero-order valence-corrected chi connectivity index (χ0v) is 17.1. The van der Waals surface area contributed by atoms with E-state index in [-0.39, 0.29) is 4.90 Å². The Labute approximate surface area is 175 Å². The molecule has 1 aromatic heterocycles. The maximum Gasteiger partial charge on any atom is 0.238 e. The van der Waals surface area contributed by atoms with Gasteiger partial charge < -0.3 is 9.15 Å². The van der Waals surface area contributed by atoms with Gasteiger partial charge in [-0.25, -0.2) is 18.5 Å². The van der Waals surface area contributed by atoms with E-state index in [1.165, 1.54) is 12.1 Å². The first-order chi connectivity index (χ1) is 14.5. The highest BCUT2D eigenvalue weighted by atomic mass is 32.2. The van der Waals surface area contributed by atoms with Crippen molar-refractivity contribution in [2.75, 3.05) is 7.11 Å². The van der Waals surface area contributed by atoms with Gasteiger partial charge in [-0.1, -0.05) is 54.6 Å². The minimum atomic E-state index is -3.77. The van der Waals surface area contributed by atoms with Crippen LogP contribution in [0.5, 0.6) is 5.75 Å². The van der Waals surface area contributed by atoms with Gasteiger partial charge in [0, 0.05) is 12.0 Å². The number of hydrogen-bond donors (Lipinski definition) is 1. The number of para-hydroxylation sites is 1. The maximum atomic E-state index is 11.6. The van der Waals surface area contributed by atoms with Crippen molar-refractivity contribution in [3.05, 3.63) is 90.3 Å². The number of rotatable bonds is 6. The Kier molecular flexibility index (Phi) is 5.39.